The number of nitrogens with zero attached hydrogens (tertiary/aromatic N) is 1. The molecule has 0 unspecified atom stereocenters. The Hall–Kier alpha value is -1.48. The topological polar surface area (TPSA) is 48.1 Å². The number of nitrogen functional groups attached to an aromatic ring is 1. The zero-order valence-corrected chi connectivity index (χ0v) is 8.38. The van der Waals surface area contributed by atoms with Crippen molar-refractivity contribution in [2.75, 3.05) is 12.8 Å². The molecule has 0 aliphatic rings. The maximum Gasteiger partial charge on any atom is 0.137 e. The molecule has 72 valence electrons. The fraction of sp³-hybridized carbons (Fsp3) is 0.100. The molecule has 1 aromatic carbocycles. The van der Waals surface area contributed by atoms with Crippen molar-refractivity contribution in [1.29, 1.82) is 0 Å². The number of ether oxygens (including phenoxy) is 1. The summed E-state index contributed by atoms with van der Waals surface area (Å²) in [7, 11) is 1.60. The standard InChI is InChI=1S/C10H9ClN2O/c1-14-9-5-6(12)4-8-7(9)2-3-13-10(8)11/h2-5H,12H2,1H3. The van der Waals surface area contributed by atoms with Crippen LogP contribution in [-0.2, 0) is 0 Å². The second kappa shape index (κ2) is 3.35. The molecular weight excluding hydrogens is 200 g/mol. The highest BCUT2D eigenvalue weighted by Gasteiger charge is 2.06. The fourth-order valence-electron chi connectivity index (χ4n) is 1.41. The molecule has 0 radical (unpaired) electrons. The average Bonchev–Trinajstić information content (AvgIpc) is 2.18. The minimum Gasteiger partial charge on any atom is -0.496 e. The summed E-state index contributed by atoms with van der Waals surface area (Å²) in [5, 5.41) is 2.17. The Morgan fingerprint density at radius 2 is 2.14 bits per heavy atom. The lowest BCUT2D eigenvalue weighted by atomic mass is 10.1. The van der Waals surface area contributed by atoms with Crippen LogP contribution < -0.4 is 10.5 Å². The molecule has 2 rings (SSSR count). The Balaban J connectivity index is 2.87. The lowest BCUT2D eigenvalue weighted by Gasteiger charge is -2.07. The van der Waals surface area contributed by atoms with Crippen molar-refractivity contribution in [2.45, 2.75) is 0 Å². The second-order valence-electron chi connectivity index (χ2n) is 2.92. The Bertz CT molecular complexity index is 485. The number of nitrogens with two attached hydrogens (primary N) is 1. The summed E-state index contributed by atoms with van der Waals surface area (Å²) in [6.07, 6.45) is 1.64. The third kappa shape index (κ3) is 1.36. The van der Waals surface area contributed by atoms with E-state index in [0.29, 0.717) is 16.6 Å². The third-order valence-electron chi connectivity index (χ3n) is 2.04. The van der Waals surface area contributed by atoms with E-state index in [1.165, 1.54) is 0 Å². The van der Waals surface area contributed by atoms with Gasteiger partial charge in [-0.15, -0.1) is 0 Å². The van der Waals surface area contributed by atoms with Crippen LogP contribution >= 0.6 is 11.6 Å². The van der Waals surface area contributed by atoms with Crippen molar-refractivity contribution in [3.05, 3.63) is 29.5 Å². The second-order valence-corrected chi connectivity index (χ2v) is 3.28. The Morgan fingerprint density at radius 1 is 1.36 bits per heavy atom. The summed E-state index contributed by atoms with van der Waals surface area (Å²) in [5.74, 6) is 0.712. The van der Waals surface area contributed by atoms with Crippen molar-refractivity contribution in [2.24, 2.45) is 0 Å². The maximum absolute atomic E-state index is 5.94. The zero-order chi connectivity index (χ0) is 10.1. The number of methoxy groups -OCH3 is 1. The minimum absolute atomic E-state index is 0.438. The molecule has 1 aromatic heterocycles. The van der Waals surface area contributed by atoms with E-state index in [0.717, 1.165) is 10.8 Å². The predicted molar refractivity (Wildman–Crippen MR) is 57.7 cm³/mol. The number of anilines is 1. The molecule has 4 heteroatoms. The molecule has 0 atom stereocenters. The van der Waals surface area contributed by atoms with E-state index < -0.39 is 0 Å². The van der Waals surface area contributed by atoms with Crippen molar-refractivity contribution < 1.29 is 4.74 Å². The number of pyridine rings is 1. The largest absolute Gasteiger partial charge is 0.496 e. The van der Waals surface area contributed by atoms with Crippen molar-refractivity contribution in [3.8, 4) is 5.75 Å². The Labute approximate surface area is 86.5 Å². The van der Waals surface area contributed by atoms with E-state index in [1.54, 1.807) is 25.4 Å². The predicted octanol–water partition coefficient (Wildman–Crippen LogP) is 2.48. The lowest BCUT2D eigenvalue weighted by molar-refractivity contribution is 0.420. The van der Waals surface area contributed by atoms with Gasteiger partial charge in [-0.3, -0.25) is 0 Å². The summed E-state index contributed by atoms with van der Waals surface area (Å²) in [5.41, 5.74) is 6.32. The SMILES string of the molecule is COc1cc(N)cc2c(Cl)nccc12. The first-order valence-corrected chi connectivity index (χ1v) is 4.48. The van der Waals surface area contributed by atoms with Gasteiger partial charge in [0.15, 0.2) is 0 Å². The maximum atomic E-state index is 5.94. The molecule has 0 spiro atoms. The molecule has 14 heavy (non-hydrogen) atoms. The first kappa shape index (κ1) is 9.09. The van der Waals surface area contributed by atoms with Gasteiger partial charge in [-0.05, 0) is 12.1 Å². The molecule has 0 aliphatic carbocycles. The highest BCUT2D eigenvalue weighted by Crippen LogP contribution is 2.31. The number of rotatable bonds is 1. The van der Waals surface area contributed by atoms with Crippen LogP contribution in [0.5, 0.6) is 5.75 Å². The monoisotopic (exact) mass is 208 g/mol. The first-order valence-electron chi connectivity index (χ1n) is 4.10. The van der Waals surface area contributed by atoms with Crippen LogP contribution in [0.25, 0.3) is 10.8 Å². The van der Waals surface area contributed by atoms with Crippen LogP contribution in [0.2, 0.25) is 5.15 Å². The van der Waals surface area contributed by atoms with Gasteiger partial charge in [-0.25, -0.2) is 4.98 Å². The van der Waals surface area contributed by atoms with E-state index in [-0.39, 0.29) is 0 Å². The van der Waals surface area contributed by atoms with Gasteiger partial charge in [0.25, 0.3) is 0 Å². The molecule has 0 aliphatic heterocycles. The number of fused-ring (bicyclic) bond motifs is 1. The lowest BCUT2D eigenvalue weighted by Crippen LogP contribution is -1.91. The third-order valence-corrected chi connectivity index (χ3v) is 2.34. The van der Waals surface area contributed by atoms with Gasteiger partial charge in [0.2, 0.25) is 0 Å². The fourth-order valence-corrected chi connectivity index (χ4v) is 1.62. The van der Waals surface area contributed by atoms with Gasteiger partial charge in [-0.1, -0.05) is 11.6 Å². The molecule has 3 nitrogen and oxygen atoms in total. The zero-order valence-electron chi connectivity index (χ0n) is 7.62. The van der Waals surface area contributed by atoms with Gasteiger partial charge >= 0.3 is 0 Å². The van der Waals surface area contributed by atoms with Gasteiger partial charge in [-0.2, -0.15) is 0 Å². The summed E-state index contributed by atoms with van der Waals surface area (Å²) in [6, 6.07) is 5.39. The van der Waals surface area contributed by atoms with Crippen LogP contribution in [0, 0.1) is 0 Å². The van der Waals surface area contributed by atoms with Crippen LogP contribution in [-0.4, -0.2) is 12.1 Å². The van der Waals surface area contributed by atoms with Crippen molar-refractivity contribution >= 4 is 28.1 Å². The Morgan fingerprint density at radius 3 is 2.86 bits per heavy atom. The molecule has 2 aromatic rings. The number of aromatic nitrogens is 1. The van der Waals surface area contributed by atoms with Crippen LogP contribution in [0.15, 0.2) is 24.4 Å². The van der Waals surface area contributed by atoms with E-state index in [9.17, 15) is 0 Å². The number of benzene rings is 1. The van der Waals surface area contributed by atoms with E-state index in [4.69, 9.17) is 22.1 Å². The first-order chi connectivity index (χ1) is 6.72. The van der Waals surface area contributed by atoms with Crippen LogP contribution in [0.4, 0.5) is 5.69 Å². The molecule has 0 fully saturated rings. The van der Waals surface area contributed by atoms with Crippen molar-refractivity contribution in [3.63, 3.8) is 0 Å². The van der Waals surface area contributed by atoms with E-state index >= 15 is 0 Å². The molecule has 0 amide bonds. The van der Waals surface area contributed by atoms with Gasteiger partial charge in [0.1, 0.15) is 10.9 Å². The molecule has 2 N–H and O–H groups in total. The molecule has 0 bridgehead atoms. The highest BCUT2D eigenvalue weighted by molar-refractivity contribution is 6.34. The van der Waals surface area contributed by atoms with E-state index in [2.05, 4.69) is 4.98 Å². The normalized spacial score (nSPS) is 10.4. The Kier molecular flexibility index (Phi) is 2.17. The van der Waals surface area contributed by atoms with Gasteiger partial charge in [0, 0.05) is 28.7 Å². The molecular formula is C10H9ClN2O. The highest BCUT2D eigenvalue weighted by atomic mass is 35.5. The van der Waals surface area contributed by atoms with Gasteiger partial charge < -0.3 is 10.5 Å². The van der Waals surface area contributed by atoms with Crippen LogP contribution in [0.1, 0.15) is 0 Å². The summed E-state index contributed by atoms with van der Waals surface area (Å²) >= 11 is 5.94. The van der Waals surface area contributed by atoms with Gasteiger partial charge in [0.05, 0.1) is 7.11 Å². The summed E-state index contributed by atoms with van der Waals surface area (Å²) in [4.78, 5) is 3.98. The van der Waals surface area contributed by atoms with Crippen LogP contribution in [0.3, 0.4) is 0 Å². The van der Waals surface area contributed by atoms with Crippen molar-refractivity contribution in [1.82, 2.24) is 4.98 Å². The van der Waals surface area contributed by atoms with E-state index in [1.807, 2.05) is 6.07 Å². The number of hydrogen-bond acceptors (Lipinski definition) is 3. The molecule has 0 saturated carbocycles. The molecule has 0 saturated heterocycles. The summed E-state index contributed by atoms with van der Waals surface area (Å²) in [6.45, 7) is 0. The molecule has 1 heterocycles. The smallest absolute Gasteiger partial charge is 0.137 e. The quantitative estimate of drug-likeness (QED) is 0.579. The number of halogens is 1. The number of hydrogen-bond donors (Lipinski definition) is 1. The average molecular weight is 209 g/mol. The minimum atomic E-state index is 0.438. The summed E-state index contributed by atoms with van der Waals surface area (Å²) < 4.78 is 5.20.